The van der Waals surface area contributed by atoms with E-state index in [1.165, 1.54) is 7.11 Å². The highest BCUT2D eigenvalue weighted by molar-refractivity contribution is 5.77. The molecule has 0 bridgehead atoms. The monoisotopic (exact) mass is 223 g/mol. The van der Waals surface area contributed by atoms with Gasteiger partial charge in [-0.3, -0.25) is 0 Å². The van der Waals surface area contributed by atoms with Gasteiger partial charge < -0.3 is 14.8 Å². The van der Waals surface area contributed by atoms with E-state index >= 15 is 0 Å². The number of carbonyl (C=O) groups excluding carboxylic acids is 1. The lowest BCUT2D eigenvalue weighted by Gasteiger charge is -2.15. The van der Waals surface area contributed by atoms with Crippen LogP contribution in [0.2, 0.25) is 0 Å². The van der Waals surface area contributed by atoms with E-state index < -0.39 is 6.04 Å². The summed E-state index contributed by atoms with van der Waals surface area (Å²) in [4.78, 5) is 11.5. The number of likely N-dealkylation sites (N-methyl/N-ethyl adjacent to an activating group) is 1. The van der Waals surface area contributed by atoms with Crippen molar-refractivity contribution in [2.75, 3.05) is 20.8 Å². The lowest BCUT2D eigenvalue weighted by Crippen LogP contribution is -2.29. The number of ether oxygens (including phenoxy) is 2. The quantitative estimate of drug-likeness (QED) is 0.769. The van der Waals surface area contributed by atoms with Crippen LogP contribution in [0.4, 0.5) is 0 Å². The number of hydrogen-bond acceptors (Lipinski definition) is 4. The molecule has 0 aliphatic rings. The lowest BCUT2D eigenvalue weighted by atomic mass is 10.1. The molecule has 0 spiro atoms. The first-order valence-corrected chi connectivity index (χ1v) is 5.18. The molecule has 16 heavy (non-hydrogen) atoms. The largest absolute Gasteiger partial charge is 0.497 e. The topological polar surface area (TPSA) is 47.6 Å². The third kappa shape index (κ3) is 2.97. The standard InChI is InChI=1S/C12H17NO3/c1-4-13-11(12(14)16-3)9-5-7-10(15-2)8-6-9/h5-8,11,13H,4H2,1-3H3. The molecule has 0 radical (unpaired) electrons. The van der Waals surface area contributed by atoms with Crippen LogP contribution in [0.1, 0.15) is 18.5 Å². The Morgan fingerprint density at radius 3 is 2.38 bits per heavy atom. The Morgan fingerprint density at radius 1 is 1.31 bits per heavy atom. The van der Waals surface area contributed by atoms with Gasteiger partial charge in [0.05, 0.1) is 14.2 Å². The van der Waals surface area contributed by atoms with Gasteiger partial charge in [0.2, 0.25) is 0 Å². The minimum atomic E-state index is -0.416. The van der Waals surface area contributed by atoms with Crippen LogP contribution in [0.5, 0.6) is 5.75 Å². The number of nitrogens with one attached hydrogen (secondary N) is 1. The van der Waals surface area contributed by atoms with Gasteiger partial charge >= 0.3 is 5.97 Å². The van der Waals surface area contributed by atoms with E-state index in [2.05, 4.69) is 5.32 Å². The Bertz CT molecular complexity index is 335. The van der Waals surface area contributed by atoms with Crippen molar-refractivity contribution >= 4 is 5.97 Å². The van der Waals surface area contributed by atoms with Gasteiger partial charge in [-0.1, -0.05) is 19.1 Å². The van der Waals surface area contributed by atoms with E-state index in [0.29, 0.717) is 6.54 Å². The summed E-state index contributed by atoms with van der Waals surface area (Å²) in [6.45, 7) is 2.64. The molecule has 1 rings (SSSR count). The maximum atomic E-state index is 11.5. The van der Waals surface area contributed by atoms with Crippen molar-refractivity contribution in [2.24, 2.45) is 0 Å². The van der Waals surface area contributed by atoms with Crippen molar-refractivity contribution < 1.29 is 14.3 Å². The molecule has 4 heteroatoms. The third-order valence-electron chi connectivity index (χ3n) is 2.29. The van der Waals surface area contributed by atoms with Gasteiger partial charge in [0.1, 0.15) is 11.8 Å². The highest BCUT2D eigenvalue weighted by Crippen LogP contribution is 2.18. The Labute approximate surface area is 95.6 Å². The van der Waals surface area contributed by atoms with E-state index in [-0.39, 0.29) is 5.97 Å². The Kier molecular flexibility index (Phi) is 4.79. The smallest absolute Gasteiger partial charge is 0.327 e. The van der Waals surface area contributed by atoms with Crippen LogP contribution in [-0.2, 0) is 9.53 Å². The second-order valence-electron chi connectivity index (χ2n) is 3.29. The number of rotatable bonds is 5. The maximum absolute atomic E-state index is 11.5. The van der Waals surface area contributed by atoms with Crippen LogP contribution in [0.3, 0.4) is 0 Å². The summed E-state index contributed by atoms with van der Waals surface area (Å²) in [6, 6.07) is 6.93. The van der Waals surface area contributed by atoms with Crippen molar-refractivity contribution in [3.8, 4) is 5.75 Å². The molecule has 0 saturated carbocycles. The molecule has 1 aromatic carbocycles. The predicted molar refractivity (Wildman–Crippen MR) is 61.4 cm³/mol. The molecule has 1 aromatic rings. The maximum Gasteiger partial charge on any atom is 0.327 e. The second kappa shape index (κ2) is 6.12. The second-order valence-corrected chi connectivity index (χ2v) is 3.29. The van der Waals surface area contributed by atoms with Crippen molar-refractivity contribution in [1.82, 2.24) is 5.32 Å². The molecule has 4 nitrogen and oxygen atoms in total. The van der Waals surface area contributed by atoms with Gasteiger partial charge in [0.25, 0.3) is 0 Å². The fraction of sp³-hybridized carbons (Fsp3) is 0.417. The molecule has 1 N–H and O–H groups in total. The van der Waals surface area contributed by atoms with E-state index in [1.807, 2.05) is 31.2 Å². The summed E-state index contributed by atoms with van der Waals surface area (Å²) in [5.74, 6) is 0.482. The molecular formula is C12H17NO3. The highest BCUT2D eigenvalue weighted by atomic mass is 16.5. The van der Waals surface area contributed by atoms with Gasteiger partial charge in [-0.25, -0.2) is 4.79 Å². The van der Waals surface area contributed by atoms with E-state index in [1.54, 1.807) is 7.11 Å². The fourth-order valence-corrected chi connectivity index (χ4v) is 1.46. The summed E-state index contributed by atoms with van der Waals surface area (Å²) in [6.07, 6.45) is 0. The van der Waals surface area contributed by atoms with Gasteiger partial charge in [-0.15, -0.1) is 0 Å². The van der Waals surface area contributed by atoms with Crippen LogP contribution < -0.4 is 10.1 Å². The predicted octanol–water partition coefficient (Wildman–Crippen LogP) is 1.52. The molecule has 0 heterocycles. The molecule has 0 saturated heterocycles. The Balaban J connectivity index is 2.87. The summed E-state index contributed by atoms with van der Waals surface area (Å²) >= 11 is 0. The molecule has 88 valence electrons. The van der Waals surface area contributed by atoms with Crippen LogP contribution >= 0.6 is 0 Å². The summed E-state index contributed by atoms with van der Waals surface area (Å²) in [5, 5.41) is 3.07. The first-order chi connectivity index (χ1) is 7.72. The summed E-state index contributed by atoms with van der Waals surface area (Å²) < 4.78 is 9.80. The number of benzene rings is 1. The van der Waals surface area contributed by atoms with Crippen LogP contribution in [0.25, 0.3) is 0 Å². The van der Waals surface area contributed by atoms with Gasteiger partial charge in [0.15, 0.2) is 0 Å². The first-order valence-electron chi connectivity index (χ1n) is 5.18. The molecule has 0 aliphatic heterocycles. The van der Waals surface area contributed by atoms with Gasteiger partial charge in [0, 0.05) is 0 Å². The summed E-state index contributed by atoms with van der Waals surface area (Å²) in [7, 11) is 2.99. The molecule has 1 unspecified atom stereocenters. The average Bonchev–Trinajstić information content (AvgIpc) is 2.35. The van der Waals surface area contributed by atoms with Crippen molar-refractivity contribution in [1.29, 1.82) is 0 Å². The number of methoxy groups -OCH3 is 2. The SMILES string of the molecule is CCNC(C(=O)OC)c1ccc(OC)cc1. The summed E-state index contributed by atoms with van der Waals surface area (Å²) in [5.41, 5.74) is 0.870. The zero-order valence-corrected chi connectivity index (χ0v) is 9.82. The van der Waals surface area contributed by atoms with Crippen LogP contribution in [-0.4, -0.2) is 26.7 Å². The highest BCUT2D eigenvalue weighted by Gasteiger charge is 2.19. The molecule has 0 aromatic heterocycles. The molecule has 0 fully saturated rings. The first kappa shape index (κ1) is 12.5. The number of hydrogen-bond donors (Lipinski definition) is 1. The Morgan fingerprint density at radius 2 is 1.94 bits per heavy atom. The third-order valence-corrected chi connectivity index (χ3v) is 2.29. The molecule has 1 atom stereocenters. The molecule has 0 aliphatic carbocycles. The van der Waals surface area contributed by atoms with Gasteiger partial charge in [-0.2, -0.15) is 0 Å². The van der Waals surface area contributed by atoms with Crippen molar-refractivity contribution in [2.45, 2.75) is 13.0 Å². The number of carbonyl (C=O) groups is 1. The van der Waals surface area contributed by atoms with Gasteiger partial charge in [-0.05, 0) is 24.2 Å². The zero-order valence-electron chi connectivity index (χ0n) is 9.82. The fourth-order valence-electron chi connectivity index (χ4n) is 1.46. The minimum Gasteiger partial charge on any atom is -0.497 e. The normalized spacial score (nSPS) is 11.9. The molecule has 0 amide bonds. The average molecular weight is 223 g/mol. The lowest BCUT2D eigenvalue weighted by molar-refractivity contribution is -0.143. The van der Waals surface area contributed by atoms with Crippen LogP contribution in [0.15, 0.2) is 24.3 Å². The Hall–Kier alpha value is -1.55. The van der Waals surface area contributed by atoms with E-state index in [0.717, 1.165) is 11.3 Å². The molecular weight excluding hydrogens is 206 g/mol. The zero-order chi connectivity index (χ0) is 12.0. The number of esters is 1. The van der Waals surface area contributed by atoms with Crippen LogP contribution in [0, 0.1) is 0 Å². The van der Waals surface area contributed by atoms with E-state index in [4.69, 9.17) is 9.47 Å². The van der Waals surface area contributed by atoms with E-state index in [9.17, 15) is 4.79 Å². The minimum absolute atomic E-state index is 0.285. The van der Waals surface area contributed by atoms with Crippen molar-refractivity contribution in [3.63, 3.8) is 0 Å². The van der Waals surface area contributed by atoms with Crippen molar-refractivity contribution in [3.05, 3.63) is 29.8 Å².